The van der Waals surface area contributed by atoms with Crippen LogP contribution in [0, 0.1) is 13.8 Å². The van der Waals surface area contributed by atoms with Gasteiger partial charge in [-0.3, -0.25) is 4.40 Å². The Hall–Kier alpha value is -0.870. The summed E-state index contributed by atoms with van der Waals surface area (Å²) in [5.74, 6) is 0. The first-order valence-electron chi connectivity index (χ1n) is 4.81. The van der Waals surface area contributed by atoms with Crippen molar-refractivity contribution in [3.63, 3.8) is 0 Å². The van der Waals surface area contributed by atoms with Crippen molar-refractivity contribution in [2.75, 3.05) is 13.6 Å². The zero-order valence-electron chi connectivity index (χ0n) is 8.79. The number of thiazole rings is 1. The van der Waals surface area contributed by atoms with Crippen molar-refractivity contribution in [2.45, 2.75) is 20.3 Å². The van der Waals surface area contributed by atoms with Gasteiger partial charge in [-0.25, -0.2) is 4.98 Å². The summed E-state index contributed by atoms with van der Waals surface area (Å²) in [5.41, 5.74) is 2.39. The SMILES string of the molecule is CNCCc1cn2c(C)c(C)nc2s1. The van der Waals surface area contributed by atoms with Crippen LogP contribution in [0.3, 0.4) is 0 Å². The molecule has 4 heteroatoms. The van der Waals surface area contributed by atoms with E-state index in [0.717, 1.165) is 23.6 Å². The van der Waals surface area contributed by atoms with Crippen LogP contribution in [-0.4, -0.2) is 23.0 Å². The molecular weight excluding hydrogens is 194 g/mol. The van der Waals surface area contributed by atoms with Crippen LogP contribution in [0.5, 0.6) is 0 Å². The van der Waals surface area contributed by atoms with Crippen LogP contribution in [0.4, 0.5) is 0 Å². The second-order valence-corrected chi connectivity index (χ2v) is 4.58. The fourth-order valence-corrected chi connectivity index (χ4v) is 2.54. The van der Waals surface area contributed by atoms with Gasteiger partial charge in [0.25, 0.3) is 0 Å². The molecule has 2 rings (SSSR count). The molecule has 0 bridgehead atoms. The summed E-state index contributed by atoms with van der Waals surface area (Å²) in [6.45, 7) is 5.20. The lowest BCUT2D eigenvalue weighted by atomic mass is 10.3. The number of aromatic nitrogens is 2. The predicted octanol–water partition coefficient (Wildman–Crippen LogP) is 1.77. The molecule has 0 spiro atoms. The predicted molar refractivity (Wildman–Crippen MR) is 60.2 cm³/mol. The molecule has 0 unspecified atom stereocenters. The molecule has 0 atom stereocenters. The Morgan fingerprint density at radius 1 is 1.50 bits per heavy atom. The van der Waals surface area contributed by atoms with Crippen molar-refractivity contribution >= 4 is 16.3 Å². The van der Waals surface area contributed by atoms with Crippen molar-refractivity contribution in [1.29, 1.82) is 0 Å². The third-order valence-corrected chi connectivity index (χ3v) is 3.51. The minimum Gasteiger partial charge on any atom is -0.319 e. The van der Waals surface area contributed by atoms with E-state index in [9.17, 15) is 0 Å². The summed E-state index contributed by atoms with van der Waals surface area (Å²) in [5, 5.41) is 3.16. The molecule has 2 heterocycles. The van der Waals surface area contributed by atoms with Gasteiger partial charge in [-0.05, 0) is 33.9 Å². The molecule has 3 nitrogen and oxygen atoms in total. The minimum absolute atomic E-state index is 1.03. The number of fused-ring (bicyclic) bond motifs is 1. The van der Waals surface area contributed by atoms with Gasteiger partial charge in [0, 0.05) is 16.8 Å². The van der Waals surface area contributed by atoms with E-state index >= 15 is 0 Å². The molecule has 0 aliphatic heterocycles. The number of hydrogen-bond acceptors (Lipinski definition) is 3. The van der Waals surface area contributed by atoms with Crippen molar-refractivity contribution in [3.8, 4) is 0 Å². The lowest BCUT2D eigenvalue weighted by Crippen LogP contribution is -2.09. The third kappa shape index (κ3) is 1.55. The van der Waals surface area contributed by atoms with E-state index in [1.165, 1.54) is 10.6 Å². The van der Waals surface area contributed by atoms with Gasteiger partial charge in [0.05, 0.1) is 5.69 Å². The smallest absolute Gasteiger partial charge is 0.194 e. The molecule has 0 amide bonds. The quantitative estimate of drug-likeness (QED) is 0.835. The highest BCUT2D eigenvalue weighted by Gasteiger charge is 2.07. The molecule has 2 aromatic rings. The zero-order valence-corrected chi connectivity index (χ0v) is 9.61. The van der Waals surface area contributed by atoms with Crippen molar-refractivity contribution in [2.24, 2.45) is 0 Å². The number of hydrogen-bond donors (Lipinski definition) is 1. The Morgan fingerprint density at radius 3 is 2.93 bits per heavy atom. The highest BCUT2D eigenvalue weighted by Crippen LogP contribution is 2.20. The fourth-order valence-electron chi connectivity index (χ4n) is 1.47. The van der Waals surface area contributed by atoms with Crippen molar-refractivity contribution < 1.29 is 0 Å². The largest absolute Gasteiger partial charge is 0.319 e. The molecule has 0 radical (unpaired) electrons. The second kappa shape index (κ2) is 3.71. The monoisotopic (exact) mass is 209 g/mol. The summed E-state index contributed by atoms with van der Waals surface area (Å²) in [7, 11) is 1.98. The molecular formula is C10H15N3S. The van der Waals surface area contributed by atoms with E-state index in [1.807, 2.05) is 7.05 Å². The molecule has 0 saturated carbocycles. The van der Waals surface area contributed by atoms with Gasteiger partial charge in [0.1, 0.15) is 0 Å². The van der Waals surface area contributed by atoms with E-state index in [4.69, 9.17) is 0 Å². The standard InChI is InChI=1S/C10H15N3S/c1-7-8(2)13-6-9(4-5-11-3)14-10(13)12-7/h6,11H,4-5H2,1-3H3. The number of nitrogens with one attached hydrogen (secondary N) is 1. The van der Waals surface area contributed by atoms with Gasteiger partial charge in [0.2, 0.25) is 0 Å². The van der Waals surface area contributed by atoms with Crippen LogP contribution in [0.15, 0.2) is 6.20 Å². The molecule has 0 aliphatic carbocycles. The Kier molecular flexibility index (Phi) is 2.56. The van der Waals surface area contributed by atoms with E-state index in [2.05, 4.69) is 34.7 Å². The fraction of sp³-hybridized carbons (Fsp3) is 0.500. The Bertz CT molecular complexity index is 441. The molecule has 0 fully saturated rings. The van der Waals surface area contributed by atoms with E-state index in [-0.39, 0.29) is 0 Å². The first-order chi connectivity index (χ1) is 6.72. The topological polar surface area (TPSA) is 29.3 Å². The number of likely N-dealkylation sites (N-methyl/N-ethyl adjacent to an activating group) is 1. The van der Waals surface area contributed by atoms with Crippen LogP contribution < -0.4 is 5.32 Å². The Labute approximate surface area is 87.8 Å². The number of imidazole rings is 1. The van der Waals surface area contributed by atoms with Crippen LogP contribution in [0.1, 0.15) is 16.3 Å². The Morgan fingerprint density at radius 2 is 2.29 bits per heavy atom. The highest BCUT2D eigenvalue weighted by molar-refractivity contribution is 7.17. The summed E-state index contributed by atoms with van der Waals surface area (Å²) in [6, 6.07) is 0. The van der Waals surface area contributed by atoms with Crippen molar-refractivity contribution in [3.05, 3.63) is 22.5 Å². The molecule has 0 saturated heterocycles. The summed E-state index contributed by atoms with van der Waals surface area (Å²) >= 11 is 1.78. The van der Waals surface area contributed by atoms with Gasteiger partial charge in [0.15, 0.2) is 4.96 Å². The first-order valence-corrected chi connectivity index (χ1v) is 5.62. The van der Waals surface area contributed by atoms with E-state index in [1.54, 1.807) is 11.3 Å². The number of rotatable bonds is 3. The molecule has 1 N–H and O–H groups in total. The summed E-state index contributed by atoms with van der Waals surface area (Å²) in [6.07, 6.45) is 3.29. The normalized spacial score (nSPS) is 11.4. The van der Waals surface area contributed by atoms with Gasteiger partial charge in [-0.1, -0.05) is 0 Å². The number of aryl methyl sites for hydroxylation is 2. The third-order valence-electron chi connectivity index (χ3n) is 2.47. The summed E-state index contributed by atoms with van der Waals surface area (Å²) in [4.78, 5) is 7.01. The van der Waals surface area contributed by atoms with Gasteiger partial charge >= 0.3 is 0 Å². The second-order valence-electron chi connectivity index (χ2n) is 3.49. The molecule has 0 aromatic carbocycles. The average Bonchev–Trinajstić information content (AvgIpc) is 2.66. The van der Waals surface area contributed by atoms with E-state index < -0.39 is 0 Å². The Balaban J connectivity index is 2.34. The molecule has 2 aromatic heterocycles. The average molecular weight is 209 g/mol. The van der Waals surface area contributed by atoms with Crippen LogP contribution in [0.2, 0.25) is 0 Å². The van der Waals surface area contributed by atoms with Crippen LogP contribution in [0.25, 0.3) is 4.96 Å². The maximum absolute atomic E-state index is 4.50. The zero-order chi connectivity index (χ0) is 10.1. The van der Waals surface area contributed by atoms with Gasteiger partial charge < -0.3 is 5.32 Å². The molecule has 0 aliphatic rings. The van der Waals surface area contributed by atoms with Crippen molar-refractivity contribution in [1.82, 2.24) is 14.7 Å². The first kappa shape index (κ1) is 9.68. The highest BCUT2D eigenvalue weighted by atomic mass is 32.1. The minimum atomic E-state index is 1.03. The molecule has 76 valence electrons. The van der Waals surface area contributed by atoms with Gasteiger partial charge in [-0.15, -0.1) is 11.3 Å². The van der Waals surface area contributed by atoms with Crippen LogP contribution >= 0.6 is 11.3 Å². The van der Waals surface area contributed by atoms with Crippen LogP contribution in [-0.2, 0) is 6.42 Å². The molecule has 14 heavy (non-hydrogen) atoms. The lowest BCUT2D eigenvalue weighted by Gasteiger charge is -1.94. The number of nitrogens with zero attached hydrogens (tertiary/aromatic N) is 2. The van der Waals surface area contributed by atoms with E-state index in [0.29, 0.717) is 0 Å². The maximum atomic E-state index is 4.50. The lowest BCUT2D eigenvalue weighted by molar-refractivity contribution is 0.797. The maximum Gasteiger partial charge on any atom is 0.194 e. The summed E-state index contributed by atoms with van der Waals surface area (Å²) < 4.78 is 2.19. The van der Waals surface area contributed by atoms with Gasteiger partial charge in [-0.2, -0.15) is 0 Å².